The number of nitrogens with one attached hydrogen (secondary N) is 2. The van der Waals surface area contributed by atoms with Gasteiger partial charge in [0.25, 0.3) is 0 Å². The highest BCUT2D eigenvalue weighted by Crippen LogP contribution is 2.18. The number of hydrogen-bond acceptors (Lipinski definition) is 6. The highest BCUT2D eigenvalue weighted by molar-refractivity contribution is 5.87. The first-order valence-corrected chi connectivity index (χ1v) is 22.6. The molecule has 2 amide bonds. The normalized spacial score (nSPS) is 12.5. The number of aliphatic carboxylic acids is 1. The lowest BCUT2D eigenvalue weighted by atomic mass is 10.0. The first-order valence-electron chi connectivity index (χ1n) is 22.6. The van der Waals surface area contributed by atoms with Gasteiger partial charge in [-0.15, -0.1) is 0 Å². The Kier molecular flexibility index (Phi) is 38.4. The Balaban J connectivity index is 3.85. The molecule has 0 aromatic heterocycles. The van der Waals surface area contributed by atoms with Crippen molar-refractivity contribution in [3.8, 4) is 0 Å². The van der Waals surface area contributed by atoms with Gasteiger partial charge in [-0.3, -0.25) is 14.4 Å². The minimum Gasteiger partial charge on any atom is -0.480 e. The molecule has 0 saturated heterocycles. The summed E-state index contributed by atoms with van der Waals surface area (Å²) in [5.41, 5.74) is 0. The fourth-order valence-electron chi connectivity index (χ4n) is 6.77. The third-order valence-corrected chi connectivity index (χ3v) is 10.3. The van der Waals surface area contributed by atoms with Crippen LogP contribution in [-0.4, -0.2) is 59.3 Å². The second-order valence-corrected chi connectivity index (χ2v) is 15.5. The summed E-state index contributed by atoms with van der Waals surface area (Å²) in [5, 5.41) is 22.5. The molecule has 0 fully saturated rings. The van der Waals surface area contributed by atoms with Crippen LogP contribution in [0, 0.1) is 0 Å². The van der Waals surface area contributed by atoms with Crippen molar-refractivity contribution in [2.45, 2.75) is 238 Å². The van der Waals surface area contributed by atoms with Gasteiger partial charge >= 0.3 is 11.9 Å². The number of amides is 2. The van der Waals surface area contributed by atoms with Crippen molar-refractivity contribution < 1.29 is 34.1 Å². The van der Waals surface area contributed by atoms with Crippen molar-refractivity contribution in [3.05, 3.63) is 12.2 Å². The lowest BCUT2D eigenvalue weighted by Crippen LogP contribution is -2.47. The molecule has 0 aliphatic carbocycles. The van der Waals surface area contributed by atoms with E-state index in [2.05, 4.69) is 36.6 Å². The molecule has 0 radical (unpaired) electrons. The largest absolute Gasteiger partial charge is 0.480 e. The highest BCUT2D eigenvalue weighted by atomic mass is 16.5. The molecule has 0 saturated carbocycles. The van der Waals surface area contributed by atoms with E-state index in [9.17, 15) is 19.2 Å². The van der Waals surface area contributed by atoms with Gasteiger partial charge in [-0.05, 0) is 64.2 Å². The third-order valence-electron chi connectivity index (χ3n) is 10.3. The van der Waals surface area contributed by atoms with Crippen molar-refractivity contribution in [2.24, 2.45) is 0 Å². The van der Waals surface area contributed by atoms with E-state index in [-0.39, 0.29) is 30.9 Å². The van der Waals surface area contributed by atoms with Crippen molar-refractivity contribution in [1.29, 1.82) is 0 Å². The fraction of sp³-hybridized carbons (Fsp3) is 0.867. The summed E-state index contributed by atoms with van der Waals surface area (Å²) in [6.07, 6.45) is 42.8. The summed E-state index contributed by atoms with van der Waals surface area (Å²) in [6, 6.07) is -1.38. The number of carbonyl (C=O) groups is 4. The molecule has 2 atom stereocenters. The van der Waals surface area contributed by atoms with Gasteiger partial charge in [0.2, 0.25) is 11.8 Å². The number of carboxylic acids is 1. The average molecular weight is 765 g/mol. The van der Waals surface area contributed by atoms with E-state index in [1.165, 1.54) is 135 Å². The molecular weight excluding hydrogens is 681 g/mol. The number of ether oxygens (including phenoxy) is 1. The van der Waals surface area contributed by atoms with E-state index in [0.717, 1.165) is 57.8 Å². The van der Waals surface area contributed by atoms with Crippen molar-refractivity contribution in [1.82, 2.24) is 10.6 Å². The number of carbonyl (C=O) groups excluding carboxylic acids is 3. The van der Waals surface area contributed by atoms with Crippen LogP contribution in [0.15, 0.2) is 12.2 Å². The Morgan fingerprint density at radius 2 is 0.944 bits per heavy atom. The summed E-state index contributed by atoms with van der Waals surface area (Å²) in [4.78, 5) is 47.3. The molecule has 0 heterocycles. The van der Waals surface area contributed by atoms with Crippen molar-refractivity contribution in [3.63, 3.8) is 0 Å². The van der Waals surface area contributed by atoms with Crippen LogP contribution in [0.25, 0.3) is 0 Å². The van der Waals surface area contributed by atoms with Gasteiger partial charge in [-0.25, -0.2) is 4.79 Å². The maximum absolute atomic E-state index is 12.6. The Hall–Kier alpha value is -2.42. The zero-order valence-corrected chi connectivity index (χ0v) is 35.0. The Labute approximate surface area is 331 Å². The molecule has 54 heavy (non-hydrogen) atoms. The molecule has 0 aromatic rings. The predicted octanol–water partition coefficient (Wildman–Crippen LogP) is 11.0. The van der Waals surface area contributed by atoms with Crippen molar-refractivity contribution in [2.75, 3.05) is 13.2 Å². The number of unbranched alkanes of at least 4 members (excludes halogenated alkanes) is 25. The maximum Gasteiger partial charge on any atom is 0.328 e. The van der Waals surface area contributed by atoms with E-state index in [1.807, 2.05) is 0 Å². The van der Waals surface area contributed by atoms with Crippen LogP contribution in [0.1, 0.15) is 226 Å². The third kappa shape index (κ3) is 36.6. The van der Waals surface area contributed by atoms with Gasteiger partial charge < -0.3 is 25.6 Å². The summed E-state index contributed by atoms with van der Waals surface area (Å²) < 4.78 is 5.93. The quantitative estimate of drug-likeness (QED) is 0.0276. The average Bonchev–Trinajstić information content (AvgIpc) is 3.16. The standard InChI is InChI=1S/C45H84N2O7/c1-3-5-7-9-10-11-12-13-14-15-16-17-18-19-20-21-22-23-24-25-26-27-33-37-44(51)54-40(34-30-8-6-4-2)35-31-28-29-32-36-42(49)46-38-43(50)47-41(39-48)45(52)53/h15-16,40-41,48H,3-14,17-39H2,1-2H3,(H,46,49)(H,47,50)(H,52,53)/b16-15-. The smallest absolute Gasteiger partial charge is 0.328 e. The van der Waals surface area contributed by atoms with Crippen LogP contribution >= 0.6 is 0 Å². The summed E-state index contributed by atoms with van der Waals surface area (Å²) in [6.45, 7) is 3.43. The first-order chi connectivity index (χ1) is 26.3. The number of esters is 1. The van der Waals surface area contributed by atoms with Crippen LogP contribution in [0.2, 0.25) is 0 Å². The van der Waals surface area contributed by atoms with Crippen molar-refractivity contribution >= 4 is 23.8 Å². The monoisotopic (exact) mass is 765 g/mol. The molecule has 0 aliphatic rings. The summed E-state index contributed by atoms with van der Waals surface area (Å²) in [5.74, 6) is -2.33. The van der Waals surface area contributed by atoms with Crippen LogP contribution < -0.4 is 10.6 Å². The van der Waals surface area contributed by atoms with E-state index in [1.54, 1.807) is 0 Å². The molecule has 0 bridgehead atoms. The molecule has 2 unspecified atom stereocenters. The van der Waals surface area contributed by atoms with E-state index < -0.39 is 24.5 Å². The Bertz CT molecular complexity index is 926. The van der Waals surface area contributed by atoms with E-state index in [4.69, 9.17) is 14.9 Å². The topological polar surface area (TPSA) is 142 Å². The second kappa shape index (κ2) is 40.2. The van der Waals surface area contributed by atoms with Gasteiger partial charge in [-0.1, -0.05) is 161 Å². The molecule has 4 N–H and O–H groups in total. The van der Waals surface area contributed by atoms with Gasteiger partial charge in [0, 0.05) is 12.8 Å². The van der Waals surface area contributed by atoms with Crippen LogP contribution in [0.3, 0.4) is 0 Å². The van der Waals surface area contributed by atoms with Gasteiger partial charge in [0.05, 0.1) is 13.2 Å². The molecule has 0 rings (SSSR count). The minimum atomic E-state index is -1.38. The van der Waals surface area contributed by atoms with E-state index >= 15 is 0 Å². The van der Waals surface area contributed by atoms with Gasteiger partial charge in [0.1, 0.15) is 12.1 Å². The number of aliphatic hydroxyl groups is 1. The lowest BCUT2D eigenvalue weighted by Gasteiger charge is -2.18. The maximum atomic E-state index is 12.6. The number of allylic oxidation sites excluding steroid dienone is 2. The lowest BCUT2D eigenvalue weighted by molar-refractivity contribution is -0.150. The number of carboxylic acid groups (broad SMARTS) is 1. The summed E-state index contributed by atoms with van der Waals surface area (Å²) >= 11 is 0. The van der Waals surface area contributed by atoms with Crippen LogP contribution in [-0.2, 0) is 23.9 Å². The van der Waals surface area contributed by atoms with Crippen LogP contribution in [0.5, 0.6) is 0 Å². The molecular formula is C45H84N2O7. The first kappa shape index (κ1) is 51.6. The van der Waals surface area contributed by atoms with Crippen LogP contribution in [0.4, 0.5) is 0 Å². The fourth-order valence-corrected chi connectivity index (χ4v) is 6.77. The number of rotatable bonds is 41. The predicted molar refractivity (Wildman–Crippen MR) is 222 cm³/mol. The Morgan fingerprint density at radius 3 is 1.41 bits per heavy atom. The second-order valence-electron chi connectivity index (χ2n) is 15.5. The van der Waals surface area contributed by atoms with Gasteiger partial charge in [0.15, 0.2) is 0 Å². The van der Waals surface area contributed by atoms with Gasteiger partial charge in [-0.2, -0.15) is 0 Å². The Morgan fingerprint density at radius 1 is 0.537 bits per heavy atom. The minimum absolute atomic E-state index is 0.0364. The number of hydrogen-bond donors (Lipinski definition) is 4. The number of aliphatic hydroxyl groups excluding tert-OH is 1. The molecule has 9 nitrogen and oxygen atoms in total. The highest BCUT2D eigenvalue weighted by Gasteiger charge is 2.19. The van der Waals surface area contributed by atoms with E-state index in [0.29, 0.717) is 12.8 Å². The zero-order valence-electron chi connectivity index (χ0n) is 35.0. The molecule has 0 aliphatic heterocycles. The molecule has 9 heteroatoms. The zero-order chi connectivity index (χ0) is 39.7. The molecule has 0 aromatic carbocycles. The summed E-state index contributed by atoms with van der Waals surface area (Å²) in [7, 11) is 0. The molecule has 0 spiro atoms. The SMILES string of the molecule is CCCCCCCCCC/C=C\CCCCCCCCCCCCCC(=O)OC(CCCCCC)CCCCCCC(=O)NCC(=O)NC(CO)C(=O)O. The molecule has 316 valence electrons.